The second-order valence-corrected chi connectivity index (χ2v) is 5.56. The Kier molecular flexibility index (Phi) is 4.76. The van der Waals surface area contributed by atoms with Gasteiger partial charge in [0.25, 0.3) is 0 Å². The van der Waals surface area contributed by atoms with Crippen molar-refractivity contribution in [1.29, 1.82) is 0 Å². The molecule has 1 aromatic rings. The molecule has 0 spiro atoms. The molecule has 0 aliphatic carbocycles. The third-order valence-electron chi connectivity index (χ3n) is 3.26. The van der Waals surface area contributed by atoms with Crippen molar-refractivity contribution in [2.45, 2.75) is 40.0 Å². The zero-order chi connectivity index (χ0) is 13.9. The molecule has 0 radical (unpaired) electrons. The molecule has 0 saturated carbocycles. The van der Waals surface area contributed by atoms with Crippen molar-refractivity contribution in [3.8, 4) is 0 Å². The lowest BCUT2D eigenvalue weighted by Crippen LogP contribution is -2.22. The van der Waals surface area contributed by atoms with Crippen molar-refractivity contribution < 1.29 is 9.90 Å². The summed E-state index contributed by atoms with van der Waals surface area (Å²) in [5.74, 6) is -0.757. The molecule has 2 unspecified atom stereocenters. The van der Waals surface area contributed by atoms with E-state index in [0.717, 1.165) is 17.5 Å². The highest BCUT2D eigenvalue weighted by Gasteiger charge is 2.28. The highest BCUT2D eigenvalue weighted by Crippen LogP contribution is 2.33. The molecular weight excluding hydrogens is 226 g/mol. The van der Waals surface area contributed by atoms with Crippen LogP contribution >= 0.6 is 0 Å². The van der Waals surface area contributed by atoms with Crippen LogP contribution in [0.15, 0.2) is 18.2 Å². The molecule has 3 nitrogen and oxygen atoms in total. The lowest BCUT2D eigenvalue weighted by molar-refractivity contribution is -0.140. The molecular formula is C15H23NO2. The number of nitrogen functional groups attached to an aromatic ring is 1. The highest BCUT2D eigenvalue weighted by atomic mass is 16.4. The van der Waals surface area contributed by atoms with Crippen molar-refractivity contribution in [3.05, 3.63) is 29.3 Å². The Bertz CT molecular complexity index is 427. The number of carboxylic acids is 1. The van der Waals surface area contributed by atoms with Crippen LogP contribution in [0.5, 0.6) is 0 Å². The minimum Gasteiger partial charge on any atom is -0.481 e. The molecule has 0 aromatic heterocycles. The van der Waals surface area contributed by atoms with Gasteiger partial charge in [-0.05, 0) is 36.8 Å². The fourth-order valence-electron chi connectivity index (χ4n) is 2.53. The van der Waals surface area contributed by atoms with Gasteiger partial charge in [-0.3, -0.25) is 4.79 Å². The lowest BCUT2D eigenvalue weighted by Gasteiger charge is -2.23. The summed E-state index contributed by atoms with van der Waals surface area (Å²) in [7, 11) is 0. The van der Waals surface area contributed by atoms with E-state index < -0.39 is 11.9 Å². The summed E-state index contributed by atoms with van der Waals surface area (Å²) in [6.07, 6.45) is 0.879. The average molecular weight is 249 g/mol. The Morgan fingerprint density at radius 2 is 1.94 bits per heavy atom. The number of rotatable bonds is 5. The van der Waals surface area contributed by atoms with Crippen LogP contribution in [0.4, 0.5) is 5.69 Å². The maximum atomic E-state index is 11.5. The molecule has 2 atom stereocenters. The van der Waals surface area contributed by atoms with Crippen molar-refractivity contribution in [3.63, 3.8) is 0 Å². The molecule has 1 aromatic carbocycles. The lowest BCUT2D eigenvalue weighted by atomic mass is 9.81. The van der Waals surface area contributed by atoms with Crippen molar-refractivity contribution in [1.82, 2.24) is 0 Å². The minimum absolute atomic E-state index is 0.0756. The standard InChI is InChI=1S/C15H23NO2/c1-9(2)7-11(4)14(15(17)18)12-8-10(3)5-6-13(12)16/h5-6,8-9,11,14H,7,16H2,1-4H3,(H,17,18). The van der Waals surface area contributed by atoms with E-state index in [4.69, 9.17) is 5.73 Å². The van der Waals surface area contributed by atoms with Gasteiger partial charge < -0.3 is 10.8 Å². The van der Waals surface area contributed by atoms with Gasteiger partial charge in [0.2, 0.25) is 0 Å². The zero-order valence-electron chi connectivity index (χ0n) is 11.6. The van der Waals surface area contributed by atoms with Gasteiger partial charge in [-0.1, -0.05) is 38.5 Å². The predicted molar refractivity (Wildman–Crippen MR) is 74.6 cm³/mol. The number of nitrogens with two attached hydrogens (primary N) is 1. The fraction of sp³-hybridized carbons (Fsp3) is 0.533. The van der Waals surface area contributed by atoms with Crippen LogP contribution in [0.2, 0.25) is 0 Å². The third-order valence-corrected chi connectivity index (χ3v) is 3.26. The van der Waals surface area contributed by atoms with E-state index in [0.29, 0.717) is 11.6 Å². The van der Waals surface area contributed by atoms with Crippen LogP contribution in [0.3, 0.4) is 0 Å². The van der Waals surface area contributed by atoms with E-state index in [9.17, 15) is 9.90 Å². The van der Waals surface area contributed by atoms with Gasteiger partial charge in [0, 0.05) is 5.69 Å². The molecule has 0 aliphatic rings. The predicted octanol–water partition coefficient (Wildman–Crippen LogP) is 3.43. The molecule has 0 heterocycles. The second kappa shape index (κ2) is 5.89. The van der Waals surface area contributed by atoms with E-state index in [-0.39, 0.29) is 5.92 Å². The SMILES string of the molecule is Cc1ccc(N)c(C(C(=O)O)C(C)CC(C)C)c1. The first-order chi connectivity index (χ1) is 8.32. The molecule has 1 rings (SSSR count). The molecule has 0 fully saturated rings. The van der Waals surface area contributed by atoms with Crippen molar-refractivity contribution in [2.24, 2.45) is 11.8 Å². The summed E-state index contributed by atoms with van der Waals surface area (Å²) >= 11 is 0. The Morgan fingerprint density at radius 1 is 1.33 bits per heavy atom. The molecule has 100 valence electrons. The molecule has 0 saturated heterocycles. The first-order valence-electron chi connectivity index (χ1n) is 6.41. The monoisotopic (exact) mass is 249 g/mol. The number of benzene rings is 1. The van der Waals surface area contributed by atoms with Gasteiger partial charge in [-0.15, -0.1) is 0 Å². The number of carbonyl (C=O) groups is 1. The summed E-state index contributed by atoms with van der Waals surface area (Å²) in [6, 6.07) is 5.60. The van der Waals surface area contributed by atoms with Crippen LogP contribution < -0.4 is 5.73 Å². The molecule has 0 aliphatic heterocycles. The summed E-state index contributed by atoms with van der Waals surface area (Å²) in [6.45, 7) is 8.15. The van der Waals surface area contributed by atoms with E-state index >= 15 is 0 Å². The topological polar surface area (TPSA) is 63.3 Å². The first-order valence-corrected chi connectivity index (χ1v) is 6.41. The molecule has 3 heteroatoms. The van der Waals surface area contributed by atoms with Gasteiger partial charge in [0.1, 0.15) is 0 Å². The number of carboxylic acid groups (broad SMARTS) is 1. The number of hydrogen-bond acceptors (Lipinski definition) is 2. The Morgan fingerprint density at radius 3 is 2.44 bits per heavy atom. The number of aliphatic carboxylic acids is 1. The average Bonchev–Trinajstić information content (AvgIpc) is 2.21. The van der Waals surface area contributed by atoms with Gasteiger partial charge in [0.15, 0.2) is 0 Å². The second-order valence-electron chi connectivity index (χ2n) is 5.56. The summed E-state index contributed by atoms with van der Waals surface area (Å²) < 4.78 is 0. The normalized spacial score (nSPS) is 14.5. The minimum atomic E-state index is -0.791. The number of hydrogen-bond donors (Lipinski definition) is 2. The zero-order valence-corrected chi connectivity index (χ0v) is 11.6. The largest absolute Gasteiger partial charge is 0.481 e. The highest BCUT2D eigenvalue weighted by molar-refractivity contribution is 5.79. The van der Waals surface area contributed by atoms with Gasteiger partial charge in [-0.25, -0.2) is 0 Å². The number of anilines is 1. The Balaban J connectivity index is 3.12. The van der Waals surface area contributed by atoms with Crippen molar-refractivity contribution in [2.75, 3.05) is 5.73 Å². The summed E-state index contributed by atoms with van der Waals surface area (Å²) in [5.41, 5.74) is 8.30. The first kappa shape index (κ1) is 14.6. The molecule has 0 amide bonds. The Labute approximate surface area is 109 Å². The molecule has 0 bridgehead atoms. The van der Waals surface area contributed by atoms with Crippen LogP contribution in [0.1, 0.15) is 44.2 Å². The Hall–Kier alpha value is -1.51. The smallest absolute Gasteiger partial charge is 0.311 e. The van der Waals surface area contributed by atoms with E-state index in [2.05, 4.69) is 13.8 Å². The van der Waals surface area contributed by atoms with Gasteiger partial charge in [-0.2, -0.15) is 0 Å². The fourth-order valence-corrected chi connectivity index (χ4v) is 2.53. The van der Waals surface area contributed by atoms with E-state index in [1.165, 1.54) is 0 Å². The number of aryl methyl sites for hydroxylation is 1. The maximum absolute atomic E-state index is 11.5. The third kappa shape index (κ3) is 3.49. The van der Waals surface area contributed by atoms with E-state index in [1.54, 1.807) is 6.07 Å². The van der Waals surface area contributed by atoms with Gasteiger partial charge in [0.05, 0.1) is 5.92 Å². The van der Waals surface area contributed by atoms with E-state index in [1.807, 2.05) is 26.0 Å². The van der Waals surface area contributed by atoms with Crippen LogP contribution in [0.25, 0.3) is 0 Å². The van der Waals surface area contributed by atoms with Crippen LogP contribution in [0, 0.1) is 18.8 Å². The van der Waals surface area contributed by atoms with Crippen molar-refractivity contribution >= 4 is 11.7 Å². The summed E-state index contributed by atoms with van der Waals surface area (Å²) in [4.78, 5) is 11.5. The maximum Gasteiger partial charge on any atom is 0.311 e. The molecule has 18 heavy (non-hydrogen) atoms. The van der Waals surface area contributed by atoms with Gasteiger partial charge >= 0.3 is 5.97 Å². The molecule has 3 N–H and O–H groups in total. The summed E-state index contributed by atoms with van der Waals surface area (Å²) in [5, 5.41) is 9.47. The van der Waals surface area contributed by atoms with Crippen LogP contribution in [-0.4, -0.2) is 11.1 Å². The quantitative estimate of drug-likeness (QED) is 0.786. The van der Waals surface area contributed by atoms with Crippen LogP contribution in [-0.2, 0) is 4.79 Å².